The zero-order chi connectivity index (χ0) is 23.8. The van der Waals surface area contributed by atoms with E-state index < -0.39 is 18.0 Å². The van der Waals surface area contributed by atoms with E-state index >= 15 is 0 Å². The van der Waals surface area contributed by atoms with Crippen molar-refractivity contribution >= 4 is 35.0 Å². The van der Waals surface area contributed by atoms with E-state index in [1.165, 1.54) is 19.0 Å². The number of hydrogen-bond donors (Lipinski definition) is 3. The summed E-state index contributed by atoms with van der Waals surface area (Å²) in [6.45, 7) is 7.32. The number of aliphatic carboxylic acids is 1. The van der Waals surface area contributed by atoms with Gasteiger partial charge < -0.3 is 20.5 Å². The summed E-state index contributed by atoms with van der Waals surface area (Å²) < 4.78 is 5.44. The molecule has 0 fully saturated rings. The maximum atomic E-state index is 12.5. The molecule has 2 rings (SSSR count). The smallest absolute Gasteiger partial charge is 0.323 e. The third-order valence-electron chi connectivity index (χ3n) is 4.93. The lowest BCUT2D eigenvalue weighted by atomic mass is 10.2. The highest BCUT2D eigenvalue weighted by Gasteiger charge is 2.26. The third kappa shape index (κ3) is 6.21. The predicted molar refractivity (Wildman–Crippen MR) is 124 cm³/mol. The van der Waals surface area contributed by atoms with Crippen LogP contribution in [0.4, 0.5) is 21.9 Å². The van der Waals surface area contributed by atoms with Crippen LogP contribution in [0.2, 0.25) is 0 Å². The van der Waals surface area contributed by atoms with Gasteiger partial charge in [0.05, 0.1) is 24.9 Å². The number of aryl methyl sites for hydroxylation is 1. The van der Waals surface area contributed by atoms with Gasteiger partial charge >= 0.3 is 12.0 Å². The lowest BCUT2D eigenvalue weighted by molar-refractivity contribution is -0.139. The fourth-order valence-electron chi connectivity index (χ4n) is 3.42. The number of carboxylic acid groups (broad SMARTS) is 1. The number of ether oxygens (including phenoxy) is 1. The van der Waals surface area contributed by atoms with Gasteiger partial charge in [0.2, 0.25) is 5.91 Å². The van der Waals surface area contributed by atoms with Crippen LogP contribution in [-0.2, 0) is 9.59 Å². The molecule has 32 heavy (non-hydrogen) atoms. The van der Waals surface area contributed by atoms with Gasteiger partial charge in [0.15, 0.2) is 0 Å². The largest absolute Gasteiger partial charge is 0.494 e. The molecular weight excluding hydrogens is 412 g/mol. The molecule has 0 aliphatic rings. The topological polar surface area (TPSA) is 111 Å². The first-order chi connectivity index (χ1) is 15.2. The van der Waals surface area contributed by atoms with Crippen molar-refractivity contribution in [2.45, 2.75) is 40.2 Å². The number of para-hydroxylation sites is 1. The molecule has 0 aromatic heterocycles. The minimum absolute atomic E-state index is 0.118. The van der Waals surface area contributed by atoms with Crippen LogP contribution in [0.3, 0.4) is 0 Å². The summed E-state index contributed by atoms with van der Waals surface area (Å²) in [6.07, 6.45) is -0.118. The summed E-state index contributed by atoms with van der Waals surface area (Å²) in [5, 5.41) is 17.8. The van der Waals surface area contributed by atoms with Gasteiger partial charge in [-0.2, -0.15) is 0 Å². The number of amides is 3. The maximum absolute atomic E-state index is 12.5. The molecule has 9 nitrogen and oxygen atoms in total. The maximum Gasteiger partial charge on any atom is 0.323 e. The number of urea groups is 1. The van der Waals surface area contributed by atoms with E-state index in [1.54, 1.807) is 36.2 Å². The van der Waals surface area contributed by atoms with Crippen LogP contribution in [0.25, 0.3) is 0 Å². The van der Waals surface area contributed by atoms with Gasteiger partial charge in [-0.3, -0.25) is 9.59 Å². The molecule has 9 heteroatoms. The van der Waals surface area contributed by atoms with Crippen molar-refractivity contribution in [3.63, 3.8) is 0 Å². The van der Waals surface area contributed by atoms with Crippen LogP contribution in [0, 0.1) is 6.92 Å². The summed E-state index contributed by atoms with van der Waals surface area (Å²) in [6, 6.07) is 11.5. The fourth-order valence-corrected chi connectivity index (χ4v) is 3.42. The molecule has 0 saturated heterocycles. The number of hydrazine groups is 1. The SMILES string of the molecule is CCN(C(C)CC(=O)O)N(C(C)=O)c1ccc(NC(=O)Nc2ccccc2C)c(OC)c1. The number of carbonyl (C=O) groups excluding carboxylic acids is 2. The van der Waals surface area contributed by atoms with Crippen LogP contribution in [-0.4, -0.2) is 47.7 Å². The van der Waals surface area contributed by atoms with Crippen molar-refractivity contribution in [2.75, 3.05) is 29.3 Å². The van der Waals surface area contributed by atoms with Crippen LogP contribution in [0.1, 0.15) is 32.8 Å². The van der Waals surface area contributed by atoms with Gasteiger partial charge in [-0.1, -0.05) is 25.1 Å². The highest BCUT2D eigenvalue weighted by molar-refractivity contribution is 6.01. The van der Waals surface area contributed by atoms with Gasteiger partial charge in [-0.05, 0) is 37.6 Å². The van der Waals surface area contributed by atoms with E-state index in [1.807, 2.05) is 32.0 Å². The van der Waals surface area contributed by atoms with Crippen molar-refractivity contribution in [1.29, 1.82) is 0 Å². The minimum Gasteiger partial charge on any atom is -0.494 e. The number of nitrogens with one attached hydrogen (secondary N) is 2. The van der Waals surface area contributed by atoms with E-state index in [2.05, 4.69) is 10.6 Å². The molecule has 1 unspecified atom stereocenters. The third-order valence-corrected chi connectivity index (χ3v) is 4.93. The zero-order valence-corrected chi connectivity index (χ0v) is 19.0. The quantitative estimate of drug-likeness (QED) is 0.504. The van der Waals surface area contributed by atoms with Gasteiger partial charge in [-0.25, -0.2) is 14.8 Å². The number of rotatable bonds is 9. The molecule has 0 saturated carbocycles. The Morgan fingerprint density at radius 2 is 1.75 bits per heavy atom. The van der Waals surface area contributed by atoms with Crippen LogP contribution < -0.4 is 20.4 Å². The average molecular weight is 443 g/mol. The Kier molecular flexibility index (Phi) is 8.60. The Morgan fingerprint density at radius 1 is 1.09 bits per heavy atom. The molecule has 0 bridgehead atoms. The van der Waals surface area contributed by atoms with E-state index in [-0.39, 0.29) is 12.3 Å². The van der Waals surface area contributed by atoms with E-state index in [9.17, 15) is 14.4 Å². The Balaban J connectivity index is 2.28. The molecule has 172 valence electrons. The summed E-state index contributed by atoms with van der Waals surface area (Å²) in [5.74, 6) is -0.865. The Bertz CT molecular complexity index is 979. The first kappa shape index (κ1) is 24.7. The van der Waals surface area contributed by atoms with E-state index in [0.717, 1.165) is 5.56 Å². The van der Waals surface area contributed by atoms with Crippen LogP contribution >= 0.6 is 0 Å². The molecule has 2 aromatic carbocycles. The predicted octanol–water partition coefficient (Wildman–Crippen LogP) is 4.10. The second-order valence-electron chi connectivity index (χ2n) is 7.31. The van der Waals surface area contributed by atoms with E-state index in [4.69, 9.17) is 9.84 Å². The monoisotopic (exact) mass is 442 g/mol. The number of methoxy groups -OCH3 is 1. The van der Waals surface area contributed by atoms with Gasteiger partial charge in [0.1, 0.15) is 5.75 Å². The zero-order valence-electron chi connectivity index (χ0n) is 19.0. The average Bonchev–Trinajstić information content (AvgIpc) is 2.73. The van der Waals surface area contributed by atoms with Crippen molar-refractivity contribution in [3.8, 4) is 5.75 Å². The van der Waals surface area contributed by atoms with Crippen molar-refractivity contribution in [3.05, 3.63) is 48.0 Å². The number of nitrogens with zero attached hydrogens (tertiary/aromatic N) is 2. The Hall–Kier alpha value is -3.59. The van der Waals surface area contributed by atoms with Gasteiger partial charge in [0, 0.05) is 31.3 Å². The molecule has 0 aliphatic heterocycles. The summed E-state index contributed by atoms with van der Waals surface area (Å²) >= 11 is 0. The standard InChI is InChI=1S/C23H30N4O5/c1-6-26(16(3)13-22(29)30)27(17(4)28)18-11-12-20(21(14-18)32-5)25-23(31)24-19-10-8-7-9-15(19)2/h7-12,14,16H,6,13H2,1-5H3,(H,29,30)(H2,24,25,31). The van der Waals surface area contributed by atoms with E-state index in [0.29, 0.717) is 29.4 Å². The van der Waals surface area contributed by atoms with Crippen molar-refractivity contribution in [1.82, 2.24) is 5.01 Å². The molecular formula is C23H30N4O5. The first-order valence-electron chi connectivity index (χ1n) is 10.3. The molecule has 0 heterocycles. The number of carboxylic acids is 1. The number of anilines is 3. The molecule has 0 aliphatic carbocycles. The first-order valence-corrected chi connectivity index (χ1v) is 10.3. The normalized spacial score (nSPS) is 11.6. The molecule has 2 aromatic rings. The second kappa shape index (κ2) is 11.1. The highest BCUT2D eigenvalue weighted by Crippen LogP contribution is 2.31. The second-order valence-corrected chi connectivity index (χ2v) is 7.31. The minimum atomic E-state index is -0.948. The van der Waals surface area contributed by atoms with Crippen LogP contribution in [0.15, 0.2) is 42.5 Å². The summed E-state index contributed by atoms with van der Waals surface area (Å²) in [5.41, 5.74) is 2.54. The Morgan fingerprint density at radius 3 is 2.31 bits per heavy atom. The molecule has 1 atom stereocenters. The van der Waals surface area contributed by atoms with Gasteiger partial charge in [0.25, 0.3) is 0 Å². The Labute approximate surface area is 187 Å². The summed E-state index contributed by atoms with van der Waals surface area (Å²) in [4.78, 5) is 36.1. The number of carbonyl (C=O) groups is 3. The molecule has 3 N–H and O–H groups in total. The van der Waals surface area contributed by atoms with Crippen molar-refractivity contribution in [2.24, 2.45) is 0 Å². The lowest BCUT2D eigenvalue weighted by Gasteiger charge is -2.37. The lowest BCUT2D eigenvalue weighted by Crippen LogP contribution is -2.51. The molecule has 0 radical (unpaired) electrons. The van der Waals surface area contributed by atoms with Gasteiger partial charge in [-0.15, -0.1) is 0 Å². The number of hydrogen-bond acceptors (Lipinski definition) is 5. The number of benzene rings is 2. The molecule has 3 amide bonds. The summed E-state index contributed by atoms with van der Waals surface area (Å²) in [7, 11) is 1.46. The van der Waals surface area contributed by atoms with Crippen LogP contribution in [0.5, 0.6) is 5.75 Å². The molecule has 0 spiro atoms. The fraction of sp³-hybridized carbons (Fsp3) is 0.348. The highest BCUT2D eigenvalue weighted by atomic mass is 16.5. The van der Waals surface area contributed by atoms with Crippen molar-refractivity contribution < 1.29 is 24.2 Å².